The minimum atomic E-state index is -0.0523. The van der Waals surface area contributed by atoms with E-state index in [1.807, 2.05) is 36.1 Å². The van der Waals surface area contributed by atoms with Gasteiger partial charge in [0.25, 0.3) is 0 Å². The van der Waals surface area contributed by atoms with Crippen molar-refractivity contribution in [2.45, 2.75) is 6.92 Å². The molecule has 1 amide bonds. The van der Waals surface area contributed by atoms with E-state index in [1.54, 1.807) is 0 Å². The Kier molecular flexibility index (Phi) is 4.76. The highest BCUT2D eigenvalue weighted by Crippen LogP contribution is 2.23. The molecule has 104 valence electrons. The molecule has 0 unspecified atom stereocenters. The van der Waals surface area contributed by atoms with Gasteiger partial charge in [0.05, 0.1) is 18.8 Å². The highest BCUT2D eigenvalue weighted by Gasteiger charge is 2.27. The number of nitrogens with zero attached hydrogens (tertiary/aromatic N) is 1. The molecule has 1 aromatic rings. The number of carbonyl (C=O) groups excluding carboxylic acids is 1. The van der Waals surface area contributed by atoms with E-state index >= 15 is 0 Å². The van der Waals surface area contributed by atoms with Gasteiger partial charge in [-0.15, -0.1) is 0 Å². The molecule has 0 aliphatic carbocycles. The van der Waals surface area contributed by atoms with Gasteiger partial charge in [0.2, 0.25) is 5.91 Å². The lowest BCUT2D eigenvalue weighted by Crippen LogP contribution is -2.51. The molecule has 2 rings (SSSR count). The van der Waals surface area contributed by atoms with E-state index in [1.165, 1.54) is 0 Å². The molecule has 0 radical (unpaired) electrons. The van der Waals surface area contributed by atoms with E-state index in [4.69, 9.17) is 9.84 Å². The normalized spacial score (nSPS) is 15.9. The van der Waals surface area contributed by atoms with Gasteiger partial charge in [0, 0.05) is 25.6 Å². The van der Waals surface area contributed by atoms with E-state index in [-0.39, 0.29) is 12.5 Å². The molecule has 0 bridgehead atoms. The molecule has 1 fully saturated rings. The Balaban J connectivity index is 1.85. The van der Waals surface area contributed by atoms with Gasteiger partial charge < -0.3 is 15.2 Å². The van der Waals surface area contributed by atoms with Crippen LogP contribution in [0.5, 0.6) is 5.75 Å². The van der Waals surface area contributed by atoms with Gasteiger partial charge in [-0.3, -0.25) is 9.69 Å². The first-order valence-corrected chi connectivity index (χ1v) is 6.57. The second-order valence-electron chi connectivity index (χ2n) is 4.72. The van der Waals surface area contributed by atoms with Gasteiger partial charge >= 0.3 is 0 Å². The number of ether oxygens (including phenoxy) is 1. The van der Waals surface area contributed by atoms with Gasteiger partial charge in [-0.1, -0.05) is 12.1 Å². The molecular weight excluding hydrogens is 244 g/mol. The summed E-state index contributed by atoms with van der Waals surface area (Å²) in [4.78, 5) is 13.9. The van der Waals surface area contributed by atoms with Crippen LogP contribution in [0.15, 0.2) is 24.3 Å². The van der Waals surface area contributed by atoms with Crippen LogP contribution in [0, 0.1) is 5.92 Å². The van der Waals surface area contributed by atoms with E-state index in [2.05, 4.69) is 5.32 Å². The summed E-state index contributed by atoms with van der Waals surface area (Å²) in [5, 5.41) is 11.8. The van der Waals surface area contributed by atoms with Crippen LogP contribution >= 0.6 is 0 Å². The predicted molar refractivity (Wildman–Crippen MR) is 73.3 cm³/mol. The van der Waals surface area contributed by atoms with E-state index in [0.717, 1.165) is 13.1 Å². The lowest BCUT2D eigenvalue weighted by Gasteiger charge is -2.37. The third-order valence-corrected chi connectivity index (χ3v) is 3.12. The third kappa shape index (κ3) is 3.68. The number of para-hydroxylation sites is 2. The fraction of sp³-hybridized carbons (Fsp3) is 0.500. The lowest BCUT2D eigenvalue weighted by atomic mass is 10.0. The van der Waals surface area contributed by atoms with Crippen LogP contribution in [0.25, 0.3) is 0 Å². The van der Waals surface area contributed by atoms with Crippen molar-refractivity contribution >= 4 is 11.6 Å². The molecular formula is C14H20N2O3. The maximum atomic E-state index is 11.9. The summed E-state index contributed by atoms with van der Waals surface area (Å²) in [6, 6.07) is 7.41. The van der Waals surface area contributed by atoms with Crippen molar-refractivity contribution in [3.05, 3.63) is 24.3 Å². The number of rotatable bonds is 6. The number of aliphatic hydroxyl groups is 1. The number of nitrogens with one attached hydrogen (secondary N) is 1. The number of amides is 1. The fourth-order valence-corrected chi connectivity index (χ4v) is 2.17. The molecule has 19 heavy (non-hydrogen) atoms. The van der Waals surface area contributed by atoms with Crippen molar-refractivity contribution in [3.8, 4) is 5.75 Å². The van der Waals surface area contributed by atoms with E-state index in [0.29, 0.717) is 30.5 Å². The fourth-order valence-electron chi connectivity index (χ4n) is 2.17. The van der Waals surface area contributed by atoms with Crippen LogP contribution in [0.3, 0.4) is 0 Å². The first kappa shape index (κ1) is 13.8. The van der Waals surface area contributed by atoms with Crippen LogP contribution in [0.4, 0.5) is 5.69 Å². The Morgan fingerprint density at radius 1 is 1.47 bits per heavy atom. The standard InChI is InChI=1S/C14H20N2O3/c1-2-19-13-6-4-3-5-12(13)15-14(18)9-16-7-11(8-16)10-17/h3-6,11,17H,2,7-10H2,1H3,(H,15,18). The van der Waals surface area contributed by atoms with Crippen LogP contribution < -0.4 is 10.1 Å². The van der Waals surface area contributed by atoms with Crippen LogP contribution in [-0.2, 0) is 4.79 Å². The second-order valence-corrected chi connectivity index (χ2v) is 4.72. The zero-order chi connectivity index (χ0) is 13.7. The predicted octanol–water partition coefficient (Wildman–Crippen LogP) is 0.948. The van der Waals surface area contributed by atoms with Gasteiger partial charge in [-0.2, -0.15) is 0 Å². The average molecular weight is 264 g/mol. The Morgan fingerprint density at radius 3 is 2.89 bits per heavy atom. The summed E-state index contributed by atoms with van der Waals surface area (Å²) in [6.45, 7) is 4.61. The van der Waals surface area contributed by atoms with Crippen molar-refractivity contribution in [1.82, 2.24) is 4.90 Å². The summed E-state index contributed by atoms with van der Waals surface area (Å²) in [6.07, 6.45) is 0. The van der Waals surface area contributed by atoms with Gasteiger partial charge in [-0.05, 0) is 19.1 Å². The first-order chi connectivity index (χ1) is 9.22. The monoisotopic (exact) mass is 264 g/mol. The van der Waals surface area contributed by atoms with Crippen molar-refractivity contribution in [1.29, 1.82) is 0 Å². The summed E-state index contributed by atoms with van der Waals surface area (Å²) < 4.78 is 5.46. The number of benzene rings is 1. The molecule has 0 atom stereocenters. The SMILES string of the molecule is CCOc1ccccc1NC(=O)CN1CC(CO)C1. The minimum absolute atomic E-state index is 0.0523. The van der Waals surface area contributed by atoms with Crippen LogP contribution in [0.1, 0.15) is 6.92 Å². The van der Waals surface area contributed by atoms with Crippen molar-refractivity contribution in [2.75, 3.05) is 38.2 Å². The van der Waals surface area contributed by atoms with Crippen molar-refractivity contribution < 1.29 is 14.6 Å². The smallest absolute Gasteiger partial charge is 0.238 e. The van der Waals surface area contributed by atoms with Crippen molar-refractivity contribution in [3.63, 3.8) is 0 Å². The topological polar surface area (TPSA) is 61.8 Å². The Hall–Kier alpha value is -1.59. The largest absolute Gasteiger partial charge is 0.492 e. The number of carbonyl (C=O) groups is 1. The van der Waals surface area contributed by atoms with E-state index < -0.39 is 0 Å². The van der Waals surface area contributed by atoms with E-state index in [9.17, 15) is 4.79 Å². The maximum absolute atomic E-state index is 11.9. The molecule has 1 heterocycles. The van der Waals surface area contributed by atoms with Crippen LogP contribution in [0.2, 0.25) is 0 Å². The average Bonchev–Trinajstić information content (AvgIpc) is 2.36. The maximum Gasteiger partial charge on any atom is 0.238 e. The Labute approximate surface area is 113 Å². The summed E-state index contributed by atoms with van der Waals surface area (Å²) in [5.41, 5.74) is 0.702. The first-order valence-electron chi connectivity index (χ1n) is 6.57. The zero-order valence-electron chi connectivity index (χ0n) is 11.1. The second kappa shape index (κ2) is 6.54. The van der Waals surface area contributed by atoms with Gasteiger partial charge in [-0.25, -0.2) is 0 Å². The van der Waals surface area contributed by atoms with Crippen LogP contribution in [-0.4, -0.2) is 48.8 Å². The minimum Gasteiger partial charge on any atom is -0.492 e. The Morgan fingerprint density at radius 2 is 2.21 bits per heavy atom. The molecule has 1 aliphatic rings. The van der Waals surface area contributed by atoms with Gasteiger partial charge in [0.1, 0.15) is 5.75 Å². The Bertz CT molecular complexity index is 430. The molecule has 1 saturated heterocycles. The summed E-state index contributed by atoms with van der Waals surface area (Å²) >= 11 is 0. The number of likely N-dealkylation sites (tertiary alicyclic amines) is 1. The molecule has 0 spiro atoms. The summed E-state index contributed by atoms with van der Waals surface area (Å²) in [5.74, 6) is 0.960. The highest BCUT2D eigenvalue weighted by atomic mass is 16.5. The van der Waals surface area contributed by atoms with Crippen molar-refractivity contribution in [2.24, 2.45) is 5.92 Å². The zero-order valence-corrected chi connectivity index (χ0v) is 11.1. The molecule has 1 aromatic carbocycles. The highest BCUT2D eigenvalue weighted by molar-refractivity contribution is 5.93. The number of anilines is 1. The molecule has 2 N–H and O–H groups in total. The molecule has 5 nitrogen and oxygen atoms in total. The summed E-state index contributed by atoms with van der Waals surface area (Å²) in [7, 11) is 0. The lowest BCUT2D eigenvalue weighted by molar-refractivity contribution is -0.119. The molecule has 1 aliphatic heterocycles. The van der Waals surface area contributed by atoms with Gasteiger partial charge in [0.15, 0.2) is 0 Å². The quantitative estimate of drug-likeness (QED) is 0.803. The molecule has 0 aromatic heterocycles. The molecule has 5 heteroatoms. The third-order valence-electron chi connectivity index (χ3n) is 3.12. The molecule has 0 saturated carbocycles. The number of aliphatic hydroxyl groups excluding tert-OH is 1. The number of hydrogen-bond donors (Lipinski definition) is 2. The number of hydrogen-bond acceptors (Lipinski definition) is 4.